The molecule has 26 heavy (non-hydrogen) atoms. The van der Waals surface area contributed by atoms with Gasteiger partial charge in [-0.1, -0.05) is 36.8 Å². The predicted octanol–water partition coefficient (Wildman–Crippen LogP) is 3.71. The number of likely N-dealkylation sites (N-methyl/N-ethyl adjacent to an activating group) is 1. The summed E-state index contributed by atoms with van der Waals surface area (Å²) in [6.45, 7) is 9.78. The van der Waals surface area contributed by atoms with Gasteiger partial charge in [-0.3, -0.25) is 4.79 Å². The molecule has 0 bridgehead atoms. The minimum absolute atomic E-state index is 0.0647. The van der Waals surface area contributed by atoms with E-state index in [2.05, 4.69) is 65.4 Å². The Hall–Kier alpha value is -2.33. The van der Waals surface area contributed by atoms with E-state index < -0.39 is 0 Å². The Morgan fingerprint density at radius 3 is 2.23 bits per heavy atom. The maximum absolute atomic E-state index is 12.2. The fourth-order valence-electron chi connectivity index (χ4n) is 3.31. The number of carbonyl (C=O) groups is 1. The van der Waals surface area contributed by atoms with Crippen molar-refractivity contribution < 1.29 is 4.79 Å². The van der Waals surface area contributed by atoms with Crippen LogP contribution in [0.4, 0.5) is 11.4 Å². The fourth-order valence-corrected chi connectivity index (χ4v) is 3.31. The van der Waals surface area contributed by atoms with Gasteiger partial charge in [-0.2, -0.15) is 0 Å². The highest BCUT2D eigenvalue weighted by Crippen LogP contribution is 2.20. The molecule has 0 spiro atoms. The summed E-state index contributed by atoms with van der Waals surface area (Å²) in [5.74, 6) is 0.0647. The van der Waals surface area contributed by atoms with Crippen molar-refractivity contribution in [1.29, 1.82) is 0 Å². The van der Waals surface area contributed by atoms with Crippen LogP contribution in [0.5, 0.6) is 0 Å². The van der Waals surface area contributed by atoms with E-state index in [0.29, 0.717) is 6.42 Å². The van der Waals surface area contributed by atoms with Gasteiger partial charge >= 0.3 is 0 Å². The summed E-state index contributed by atoms with van der Waals surface area (Å²) in [4.78, 5) is 17.1. The Labute approximate surface area is 156 Å². The van der Waals surface area contributed by atoms with E-state index in [1.807, 2.05) is 12.1 Å². The van der Waals surface area contributed by atoms with Crippen molar-refractivity contribution in [2.24, 2.45) is 0 Å². The van der Waals surface area contributed by atoms with Gasteiger partial charge in [0.2, 0.25) is 5.91 Å². The van der Waals surface area contributed by atoms with Crippen LogP contribution in [0.2, 0.25) is 0 Å². The molecule has 0 unspecified atom stereocenters. The molecule has 1 N–H and O–H groups in total. The van der Waals surface area contributed by atoms with Gasteiger partial charge < -0.3 is 15.1 Å². The van der Waals surface area contributed by atoms with Gasteiger partial charge in [-0.25, -0.2) is 0 Å². The minimum atomic E-state index is 0.0647. The Morgan fingerprint density at radius 1 is 0.962 bits per heavy atom. The van der Waals surface area contributed by atoms with Crippen LogP contribution in [0.25, 0.3) is 0 Å². The largest absolute Gasteiger partial charge is 0.369 e. The van der Waals surface area contributed by atoms with Crippen molar-refractivity contribution in [1.82, 2.24) is 4.90 Å². The maximum Gasteiger partial charge on any atom is 0.224 e. The molecule has 4 nitrogen and oxygen atoms in total. The number of nitrogens with zero attached hydrogens (tertiary/aromatic N) is 2. The van der Waals surface area contributed by atoms with Crippen LogP contribution in [0.1, 0.15) is 24.5 Å². The summed E-state index contributed by atoms with van der Waals surface area (Å²) < 4.78 is 0. The van der Waals surface area contributed by atoms with Gasteiger partial charge in [-0.15, -0.1) is 0 Å². The third kappa shape index (κ3) is 5.09. The van der Waals surface area contributed by atoms with Crippen molar-refractivity contribution in [3.05, 3.63) is 59.7 Å². The van der Waals surface area contributed by atoms with E-state index in [9.17, 15) is 4.79 Å². The second-order valence-corrected chi connectivity index (χ2v) is 7.00. The lowest BCUT2D eigenvalue weighted by molar-refractivity contribution is -0.116. The highest BCUT2D eigenvalue weighted by molar-refractivity contribution is 5.91. The summed E-state index contributed by atoms with van der Waals surface area (Å²) in [6, 6.07) is 16.6. The standard InChI is InChI=1S/C22H29N3O/c1-3-24-14-16-25(17-15-24)21-11-9-20(10-12-21)23-22(26)13-8-19-6-4-18(2)5-7-19/h4-7,9-12H,3,8,13-17H2,1-2H3,(H,23,26). The van der Waals surface area contributed by atoms with Crippen LogP contribution < -0.4 is 10.2 Å². The molecule has 1 saturated heterocycles. The zero-order valence-corrected chi connectivity index (χ0v) is 15.9. The molecule has 4 heteroatoms. The molecule has 2 aromatic carbocycles. The monoisotopic (exact) mass is 351 g/mol. The number of nitrogens with one attached hydrogen (secondary N) is 1. The molecule has 1 fully saturated rings. The summed E-state index contributed by atoms with van der Waals surface area (Å²) in [7, 11) is 0. The first-order valence-corrected chi connectivity index (χ1v) is 9.57. The van der Waals surface area contributed by atoms with E-state index >= 15 is 0 Å². The number of amides is 1. The van der Waals surface area contributed by atoms with E-state index in [4.69, 9.17) is 0 Å². The van der Waals surface area contributed by atoms with Crippen molar-refractivity contribution in [3.8, 4) is 0 Å². The number of hydrogen-bond acceptors (Lipinski definition) is 3. The quantitative estimate of drug-likeness (QED) is 0.862. The number of hydrogen-bond donors (Lipinski definition) is 1. The number of benzene rings is 2. The predicted molar refractivity (Wildman–Crippen MR) is 109 cm³/mol. The number of rotatable bonds is 6. The number of aryl methyl sites for hydroxylation is 2. The number of anilines is 2. The van der Waals surface area contributed by atoms with Gasteiger partial charge in [-0.05, 0) is 49.7 Å². The molecule has 1 aliphatic heterocycles. The molecule has 0 atom stereocenters. The molecule has 0 aliphatic carbocycles. The Kier molecular flexibility index (Phi) is 6.29. The van der Waals surface area contributed by atoms with Crippen molar-refractivity contribution in [2.45, 2.75) is 26.7 Å². The van der Waals surface area contributed by atoms with E-state index in [-0.39, 0.29) is 5.91 Å². The fraction of sp³-hybridized carbons (Fsp3) is 0.409. The smallest absolute Gasteiger partial charge is 0.224 e. The molecule has 138 valence electrons. The first-order valence-electron chi connectivity index (χ1n) is 9.57. The lowest BCUT2D eigenvalue weighted by Crippen LogP contribution is -2.46. The lowest BCUT2D eigenvalue weighted by Gasteiger charge is -2.35. The van der Waals surface area contributed by atoms with Crippen LogP contribution in [-0.2, 0) is 11.2 Å². The highest BCUT2D eigenvalue weighted by Gasteiger charge is 2.15. The zero-order valence-electron chi connectivity index (χ0n) is 15.9. The van der Waals surface area contributed by atoms with Crippen LogP contribution in [0, 0.1) is 6.92 Å². The molecule has 3 rings (SSSR count). The van der Waals surface area contributed by atoms with Crippen molar-refractivity contribution >= 4 is 17.3 Å². The molecular weight excluding hydrogens is 322 g/mol. The van der Waals surface area contributed by atoms with Gasteiger partial charge in [0.05, 0.1) is 0 Å². The van der Waals surface area contributed by atoms with E-state index in [0.717, 1.165) is 44.8 Å². The average Bonchev–Trinajstić information content (AvgIpc) is 2.68. The minimum Gasteiger partial charge on any atom is -0.369 e. The third-order valence-corrected chi connectivity index (χ3v) is 5.10. The van der Waals surface area contributed by atoms with Gasteiger partial charge in [0.1, 0.15) is 0 Å². The molecule has 1 aliphatic rings. The van der Waals surface area contributed by atoms with Crippen LogP contribution >= 0.6 is 0 Å². The maximum atomic E-state index is 12.2. The normalized spacial score (nSPS) is 15.1. The van der Waals surface area contributed by atoms with Crippen molar-refractivity contribution in [2.75, 3.05) is 42.9 Å². The molecule has 1 heterocycles. The summed E-state index contributed by atoms with van der Waals surface area (Å²) in [5, 5.41) is 3.00. The average molecular weight is 351 g/mol. The summed E-state index contributed by atoms with van der Waals surface area (Å²) in [5.41, 5.74) is 4.55. The molecular formula is C22H29N3O. The lowest BCUT2D eigenvalue weighted by atomic mass is 10.1. The Bertz CT molecular complexity index is 701. The molecule has 0 aromatic heterocycles. The van der Waals surface area contributed by atoms with E-state index in [1.54, 1.807) is 0 Å². The summed E-state index contributed by atoms with van der Waals surface area (Å²) >= 11 is 0. The second kappa shape index (κ2) is 8.86. The second-order valence-electron chi connectivity index (χ2n) is 7.00. The van der Waals surface area contributed by atoms with Crippen molar-refractivity contribution in [3.63, 3.8) is 0 Å². The zero-order chi connectivity index (χ0) is 18.4. The topological polar surface area (TPSA) is 35.6 Å². The van der Waals surface area contributed by atoms with Gasteiger partial charge in [0, 0.05) is 44.0 Å². The number of piperazine rings is 1. The molecule has 2 aromatic rings. The molecule has 0 radical (unpaired) electrons. The van der Waals surface area contributed by atoms with Crippen LogP contribution in [0.15, 0.2) is 48.5 Å². The van der Waals surface area contributed by atoms with Crippen LogP contribution in [0.3, 0.4) is 0 Å². The number of carbonyl (C=O) groups excluding carboxylic acids is 1. The Balaban J connectivity index is 1.47. The Morgan fingerprint density at radius 2 is 1.62 bits per heavy atom. The molecule has 0 saturated carbocycles. The first kappa shape index (κ1) is 18.5. The van der Waals surface area contributed by atoms with E-state index in [1.165, 1.54) is 16.8 Å². The SMILES string of the molecule is CCN1CCN(c2ccc(NC(=O)CCc3ccc(C)cc3)cc2)CC1. The van der Waals surface area contributed by atoms with Gasteiger partial charge in [0.25, 0.3) is 0 Å². The first-order chi connectivity index (χ1) is 12.6. The van der Waals surface area contributed by atoms with Crippen LogP contribution in [-0.4, -0.2) is 43.5 Å². The highest BCUT2D eigenvalue weighted by atomic mass is 16.1. The summed E-state index contributed by atoms with van der Waals surface area (Å²) in [6.07, 6.45) is 1.27. The van der Waals surface area contributed by atoms with Gasteiger partial charge in [0.15, 0.2) is 0 Å². The molecule has 1 amide bonds. The third-order valence-electron chi connectivity index (χ3n) is 5.10.